The molecule has 0 bridgehead atoms. The lowest BCUT2D eigenvalue weighted by molar-refractivity contribution is 0.0978. The first-order chi connectivity index (χ1) is 13.9. The molecule has 0 unspecified atom stereocenters. The Kier molecular flexibility index (Phi) is 8.52. The van der Waals surface area contributed by atoms with E-state index in [2.05, 4.69) is 4.98 Å². The standard InChI is InChI=1S/C21H23F2N3O2S.ClH/c1-4-28-16-10-6-11-17-19(16)24-21(29-17)26(13-7-12-25(2)3)20(27)18-14(22)8-5-9-15(18)23;/h5-6,8-11H,4,7,12-13H2,1-3H3;1H. The number of nitrogens with zero attached hydrogens (tertiary/aromatic N) is 3. The number of benzene rings is 2. The molecule has 9 heteroatoms. The van der Waals surface area contributed by atoms with E-state index in [9.17, 15) is 13.6 Å². The average Bonchev–Trinajstić information content (AvgIpc) is 3.10. The van der Waals surface area contributed by atoms with Crippen LogP contribution in [0.4, 0.5) is 13.9 Å². The van der Waals surface area contributed by atoms with Crippen molar-refractivity contribution < 1.29 is 18.3 Å². The van der Waals surface area contributed by atoms with Crippen LogP contribution in [-0.4, -0.2) is 49.6 Å². The first-order valence-corrected chi connectivity index (χ1v) is 10.2. The molecule has 1 amide bonds. The highest BCUT2D eigenvalue weighted by Gasteiger charge is 2.27. The second-order valence-electron chi connectivity index (χ2n) is 6.74. The van der Waals surface area contributed by atoms with E-state index in [4.69, 9.17) is 4.74 Å². The highest BCUT2D eigenvalue weighted by atomic mass is 35.5. The Bertz CT molecular complexity index is 993. The molecule has 0 spiro atoms. The summed E-state index contributed by atoms with van der Waals surface area (Å²) in [6, 6.07) is 8.95. The lowest BCUT2D eigenvalue weighted by Gasteiger charge is -2.21. The number of halogens is 3. The number of aromatic nitrogens is 1. The quantitative estimate of drug-likeness (QED) is 0.480. The maximum absolute atomic E-state index is 14.3. The molecule has 3 aromatic rings. The van der Waals surface area contributed by atoms with Crippen molar-refractivity contribution >= 4 is 45.0 Å². The van der Waals surface area contributed by atoms with Gasteiger partial charge in [0.2, 0.25) is 0 Å². The highest BCUT2D eigenvalue weighted by molar-refractivity contribution is 7.22. The van der Waals surface area contributed by atoms with E-state index in [0.29, 0.717) is 29.4 Å². The van der Waals surface area contributed by atoms with Gasteiger partial charge in [0, 0.05) is 6.54 Å². The molecule has 0 aliphatic carbocycles. The van der Waals surface area contributed by atoms with Gasteiger partial charge in [-0.3, -0.25) is 9.69 Å². The Balaban J connectivity index is 0.00000320. The monoisotopic (exact) mass is 455 g/mol. The summed E-state index contributed by atoms with van der Waals surface area (Å²) < 4.78 is 35.0. The number of carbonyl (C=O) groups is 1. The second kappa shape index (κ2) is 10.7. The van der Waals surface area contributed by atoms with Crippen LogP contribution >= 0.6 is 23.7 Å². The zero-order valence-electron chi connectivity index (χ0n) is 17.0. The van der Waals surface area contributed by atoms with E-state index in [-0.39, 0.29) is 19.0 Å². The van der Waals surface area contributed by atoms with Gasteiger partial charge in [0.05, 0.1) is 11.3 Å². The number of hydrogen-bond donors (Lipinski definition) is 0. The van der Waals surface area contributed by atoms with Gasteiger partial charge in [-0.2, -0.15) is 0 Å². The van der Waals surface area contributed by atoms with Gasteiger partial charge in [-0.25, -0.2) is 13.8 Å². The normalized spacial score (nSPS) is 10.9. The number of ether oxygens (including phenoxy) is 1. The van der Waals surface area contributed by atoms with Crippen LogP contribution in [0.3, 0.4) is 0 Å². The molecule has 0 radical (unpaired) electrons. The molecular formula is C21H24ClF2N3O2S. The minimum absolute atomic E-state index is 0. The molecule has 0 saturated heterocycles. The van der Waals surface area contributed by atoms with Gasteiger partial charge in [-0.05, 0) is 58.3 Å². The van der Waals surface area contributed by atoms with Crippen molar-refractivity contribution in [1.29, 1.82) is 0 Å². The summed E-state index contributed by atoms with van der Waals surface area (Å²) in [6.07, 6.45) is 0.628. The molecule has 5 nitrogen and oxygen atoms in total. The number of hydrogen-bond acceptors (Lipinski definition) is 5. The van der Waals surface area contributed by atoms with E-state index in [0.717, 1.165) is 23.4 Å². The molecule has 0 aliphatic rings. The number of rotatable bonds is 8. The van der Waals surface area contributed by atoms with Gasteiger partial charge in [0.25, 0.3) is 5.91 Å². The molecule has 0 atom stereocenters. The fourth-order valence-electron chi connectivity index (χ4n) is 2.97. The first-order valence-electron chi connectivity index (χ1n) is 9.35. The first kappa shape index (κ1) is 24.0. The Morgan fingerprint density at radius 3 is 2.40 bits per heavy atom. The van der Waals surface area contributed by atoms with Gasteiger partial charge in [0.1, 0.15) is 28.5 Å². The van der Waals surface area contributed by atoms with Crippen LogP contribution in [-0.2, 0) is 0 Å². The van der Waals surface area contributed by atoms with Crippen molar-refractivity contribution in [2.24, 2.45) is 0 Å². The summed E-state index contributed by atoms with van der Waals surface area (Å²) in [5.41, 5.74) is 0.0652. The smallest absolute Gasteiger partial charge is 0.266 e. The lowest BCUT2D eigenvalue weighted by atomic mass is 10.1. The SMILES string of the molecule is CCOc1cccc2sc(N(CCCN(C)C)C(=O)c3c(F)cccc3F)nc12.Cl. The van der Waals surface area contributed by atoms with Crippen LogP contribution in [0.2, 0.25) is 0 Å². The minimum Gasteiger partial charge on any atom is -0.492 e. The molecule has 3 rings (SSSR count). The molecule has 1 aromatic heterocycles. The van der Waals surface area contributed by atoms with Crippen LogP contribution in [0.25, 0.3) is 10.2 Å². The predicted octanol–water partition coefficient (Wildman–Crippen LogP) is 4.99. The van der Waals surface area contributed by atoms with E-state index >= 15 is 0 Å². The van der Waals surface area contributed by atoms with Gasteiger partial charge in [-0.1, -0.05) is 23.5 Å². The van der Waals surface area contributed by atoms with Crippen LogP contribution < -0.4 is 9.64 Å². The Morgan fingerprint density at radius 2 is 1.77 bits per heavy atom. The zero-order chi connectivity index (χ0) is 21.0. The lowest BCUT2D eigenvalue weighted by Crippen LogP contribution is -2.34. The fourth-order valence-corrected chi connectivity index (χ4v) is 3.97. The summed E-state index contributed by atoms with van der Waals surface area (Å²) in [5.74, 6) is -1.89. The van der Waals surface area contributed by atoms with E-state index in [1.165, 1.54) is 22.3 Å². The minimum atomic E-state index is -0.885. The number of anilines is 1. The molecule has 162 valence electrons. The third-order valence-electron chi connectivity index (χ3n) is 4.31. The summed E-state index contributed by atoms with van der Waals surface area (Å²) in [4.78, 5) is 21.0. The van der Waals surface area contributed by atoms with Crippen molar-refractivity contribution in [3.8, 4) is 5.75 Å². The van der Waals surface area contributed by atoms with Crippen molar-refractivity contribution in [1.82, 2.24) is 9.88 Å². The second-order valence-corrected chi connectivity index (χ2v) is 7.75. The highest BCUT2D eigenvalue weighted by Crippen LogP contribution is 2.35. The maximum atomic E-state index is 14.3. The molecular weight excluding hydrogens is 432 g/mol. The van der Waals surface area contributed by atoms with Crippen molar-refractivity contribution in [2.45, 2.75) is 13.3 Å². The summed E-state index contributed by atoms with van der Waals surface area (Å²) in [6.45, 7) is 3.37. The molecule has 30 heavy (non-hydrogen) atoms. The molecule has 2 aromatic carbocycles. The number of amides is 1. The molecule has 1 heterocycles. The molecule has 0 fully saturated rings. The van der Waals surface area contributed by atoms with Crippen LogP contribution in [0.15, 0.2) is 36.4 Å². The number of thiazole rings is 1. The number of carbonyl (C=O) groups excluding carboxylic acids is 1. The summed E-state index contributed by atoms with van der Waals surface area (Å²) in [5, 5.41) is 0.388. The molecule has 0 aliphatic heterocycles. The number of fused-ring (bicyclic) bond motifs is 1. The van der Waals surface area contributed by atoms with E-state index in [1.807, 2.05) is 44.1 Å². The third-order valence-corrected chi connectivity index (χ3v) is 5.35. The van der Waals surface area contributed by atoms with Crippen molar-refractivity contribution in [2.75, 3.05) is 38.7 Å². The van der Waals surface area contributed by atoms with E-state index < -0.39 is 23.1 Å². The van der Waals surface area contributed by atoms with Gasteiger partial charge in [0.15, 0.2) is 5.13 Å². The predicted molar refractivity (Wildman–Crippen MR) is 119 cm³/mol. The van der Waals surface area contributed by atoms with Crippen LogP contribution in [0.5, 0.6) is 5.75 Å². The largest absolute Gasteiger partial charge is 0.492 e. The van der Waals surface area contributed by atoms with Crippen molar-refractivity contribution in [3.05, 3.63) is 53.6 Å². The van der Waals surface area contributed by atoms with Gasteiger partial charge < -0.3 is 9.64 Å². The average molecular weight is 456 g/mol. The molecule has 0 N–H and O–H groups in total. The van der Waals surface area contributed by atoms with Gasteiger partial charge >= 0.3 is 0 Å². The topological polar surface area (TPSA) is 45.7 Å². The fraction of sp³-hybridized carbons (Fsp3) is 0.333. The number of para-hydroxylation sites is 1. The zero-order valence-corrected chi connectivity index (χ0v) is 18.7. The third kappa shape index (κ3) is 5.24. The van der Waals surface area contributed by atoms with Crippen LogP contribution in [0, 0.1) is 11.6 Å². The molecule has 0 saturated carbocycles. The van der Waals surface area contributed by atoms with E-state index in [1.54, 1.807) is 0 Å². The summed E-state index contributed by atoms with van der Waals surface area (Å²) in [7, 11) is 3.85. The van der Waals surface area contributed by atoms with Gasteiger partial charge in [-0.15, -0.1) is 12.4 Å². The van der Waals surface area contributed by atoms with Crippen molar-refractivity contribution in [3.63, 3.8) is 0 Å². The Morgan fingerprint density at radius 1 is 1.10 bits per heavy atom. The maximum Gasteiger partial charge on any atom is 0.266 e. The summed E-state index contributed by atoms with van der Waals surface area (Å²) >= 11 is 1.29. The Labute approximate surface area is 184 Å². The van der Waals surface area contributed by atoms with Crippen LogP contribution in [0.1, 0.15) is 23.7 Å². The Hall–Kier alpha value is -2.29.